The monoisotopic (exact) mass is 332 g/mol. The molecule has 0 radical (unpaired) electrons. The highest BCUT2D eigenvalue weighted by atomic mass is 28.4. The first kappa shape index (κ1) is 18.4. The van der Waals surface area contributed by atoms with Crippen LogP contribution in [0.3, 0.4) is 0 Å². The smallest absolute Gasteiger partial charge is 0.193 e. The lowest BCUT2D eigenvalue weighted by molar-refractivity contribution is -0.0202. The summed E-state index contributed by atoms with van der Waals surface area (Å²) in [4.78, 5) is 0. The minimum atomic E-state index is -2.00. The predicted octanol–water partition coefficient (Wildman–Crippen LogP) is 5.47. The molecule has 1 aliphatic carbocycles. The van der Waals surface area contributed by atoms with Crippen molar-refractivity contribution in [1.82, 2.24) is 0 Å². The molecule has 0 spiro atoms. The van der Waals surface area contributed by atoms with Gasteiger partial charge in [-0.25, -0.2) is 0 Å². The third kappa shape index (κ3) is 4.79. The number of hydrogen-bond donors (Lipinski definition) is 1. The van der Waals surface area contributed by atoms with E-state index in [0.29, 0.717) is 5.92 Å². The maximum absolute atomic E-state index is 11.1. The zero-order valence-corrected chi connectivity index (χ0v) is 16.5. The highest BCUT2D eigenvalue weighted by Gasteiger charge is 2.43. The normalized spacial score (nSPS) is 20.5. The number of aliphatic hydroxyl groups is 1. The lowest BCUT2D eigenvalue weighted by Gasteiger charge is -2.43. The van der Waals surface area contributed by atoms with Gasteiger partial charge in [0, 0.05) is 0 Å². The van der Waals surface area contributed by atoms with Crippen LogP contribution in [0, 0.1) is 5.92 Å². The Bertz CT molecular complexity index is 537. The van der Waals surface area contributed by atoms with Crippen molar-refractivity contribution in [2.75, 3.05) is 0 Å². The van der Waals surface area contributed by atoms with Crippen LogP contribution in [0.4, 0.5) is 0 Å². The van der Waals surface area contributed by atoms with E-state index in [0.717, 1.165) is 5.56 Å². The van der Waals surface area contributed by atoms with Gasteiger partial charge in [-0.1, -0.05) is 63.3 Å². The fourth-order valence-electron chi connectivity index (χ4n) is 2.33. The zero-order chi connectivity index (χ0) is 17.3. The second-order valence-corrected chi connectivity index (χ2v) is 13.3. The van der Waals surface area contributed by atoms with Crippen LogP contribution in [0.15, 0.2) is 42.5 Å². The van der Waals surface area contributed by atoms with Crippen LogP contribution in [0.5, 0.6) is 0 Å². The highest BCUT2D eigenvalue weighted by Crippen LogP contribution is 2.43. The van der Waals surface area contributed by atoms with E-state index in [1.54, 1.807) is 0 Å². The molecule has 128 valence electrons. The quantitative estimate of drug-likeness (QED) is 0.553. The second-order valence-electron chi connectivity index (χ2n) is 8.59. The van der Waals surface area contributed by atoms with Crippen molar-refractivity contribution in [2.24, 2.45) is 5.92 Å². The third-order valence-electron chi connectivity index (χ3n) is 5.18. The summed E-state index contributed by atoms with van der Waals surface area (Å²) >= 11 is 0. The van der Waals surface area contributed by atoms with Crippen molar-refractivity contribution < 1.29 is 9.53 Å². The third-order valence-corrected chi connectivity index (χ3v) is 9.62. The summed E-state index contributed by atoms with van der Waals surface area (Å²) in [5, 5.41) is 11.3. The minimum Gasteiger partial charge on any atom is -0.407 e. The van der Waals surface area contributed by atoms with Gasteiger partial charge in [0.25, 0.3) is 0 Å². The van der Waals surface area contributed by atoms with Crippen LogP contribution in [-0.4, -0.2) is 19.0 Å². The van der Waals surface area contributed by atoms with Gasteiger partial charge in [-0.3, -0.25) is 0 Å². The molecule has 0 bridgehead atoms. The van der Waals surface area contributed by atoms with Crippen LogP contribution < -0.4 is 0 Å². The molecule has 1 fully saturated rings. The fourth-order valence-corrected chi connectivity index (χ4v) is 3.65. The van der Waals surface area contributed by atoms with Gasteiger partial charge in [0.2, 0.25) is 0 Å². The van der Waals surface area contributed by atoms with Crippen molar-refractivity contribution in [3.8, 4) is 0 Å². The molecule has 1 N–H and O–H groups in total. The van der Waals surface area contributed by atoms with E-state index in [4.69, 9.17) is 4.43 Å². The van der Waals surface area contributed by atoms with E-state index in [1.165, 1.54) is 12.8 Å². The van der Waals surface area contributed by atoms with E-state index < -0.39 is 13.9 Å². The van der Waals surface area contributed by atoms with Crippen LogP contribution >= 0.6 is 0 Å². The largest absolute Gasteiger partial charge is 0.407 e. The van der Waals surface area contributed by atoms with E-state index in [9.17, 15) is 5.11 Å². The average molecular weight is 333 g/mol. The SMILES string of the molecule is CC(C)(C)[Si](C)(C)O[C@@H](c1ccccc1)[C@@](C)(O)/C=C/C1CC1. The summed E-state index contributed by atoms with van der Waals surface area (Å²) in [7, 11) is -2.00. The maximum Gasteiger partial charge on any atom is 0.193 e. The summed E-state index contributed by atoms with van der Waals surface area (Å²) in [5.41, 5.74) is 0.0437. The number of rotatable bonds is 6. The summed E-state index contributed by atoms with van der Waals surface area (Å²) in [5.74, 6) is 0.644. The van der Waals surface area contributed by atoms with Crippen molar-refractivity contribution >= 4 is 8.32 Å². The van der Waals surface area contributed by atoms with Crippen LogP contribution in [-0.2, 0) is 4.43 Å². The molecule has 2 atom stereocenters. The van der Waals surface area contributed by atoms with Gasteiger partial charge < -0.3 is 9.53 Å². The van der Waals surface area contributed by atoms with Crippen molar-refractivity contribution in [3.63, 3.8) is 0 Å². The summed E-state index contributed by atoms with van der Waals surface area (Å²) in [6.07, 6.45) is 6.26. The standard InChI is InChI=1S/C20H32O2Si/c1-19(2,3)23(5,6)22-18(17-10-8-7-9-11-17)20(4,21)15-14-16-12-13-16/h7-11,14-16,18,21H,12-13H2,1-6H3/b15-14+/t18-,20-/m0/s1. The molecule has 23 heavy (non-hydrogen) atoms. The molecule has 2 rings (SSSR count). The first-order valence-electron chi connectivity index (χ1n) is 8.67. The molecule has 1 aromatic rings. The Labute approximate surface area is 142 Å². The van der Waals surface area contributed by atoms with E-state index in [1.807, 2.05) is 31.2 Å². The Balaban J connectivity index is 2.32. The van der Waals surface area contributed by atoms with Gasteiger partial charge in [0.1, 0.15) is 11.7 Å². The molecule has 0 unspecified atom stereocenters. The van der Waals surface area contributed by atoms with E-state index in [-0.39, 0.29) is 11.1 Å². The number of hydrogen-bond acceptors (Lipinski definition) is 2. The Morgan fingerprint density at radius 1 is 1.13 bits per heavy atom. The van der Waals surface area contributed by atoms with Gasteiger partial charge >= 0.3 is 0 Å². The van der Waals surface area contributed by atoms with Gasteiger partial charge in [-0.2, -0.15) is 0 Å². The fraction of sp³-hybridized carbons (Fsp3) is 0.600. The maximum atomic E-state index is 11.1. The molecule has 1 aliphatic rings. The Hall–Kier alpha value is -0.903. The van der Waals surface area contributed by atoms with Crippen LogP contribution in [0.2, 0.25) is 18.1 Å². The van der Waals surface area contributed by atoms with Gasteiger partial charge in [0.15, 0.2) is 8.32 Å². The molecular weight excluding hydrogens is 300 g/mol. The van der Waals surface area contributed by atoms with Crippen molar-refractivity contribution in [1.29, 1.82) is 0 Å². The van der Waals surface area contributed by atoms with Crippen molar-refractivity contribution in [3.05, 3.63) is 48.0 Å². The lowest BCUT2D eigenvalue weighted by Crippen LogP contribution is -2.46. The minimum absolute atomic E-state index is 0.107. The number of allylic oxidation sites excluding steroid dienone is 1. The molecule has 3 heteroatoms. The predicted molar refractivity (Wildman–Crippen MR) is 100.0 cm³/mol. The molecule has 0 heterocycles. The molecule has 0 saturated heterocycles. The zero-order valence-electron chi connectivity index (χ0n) is 15.5. The Morgan fingerprint density at radius 2 is 1.70 bits per heavy atom. The van der Waals surface area contributed by atoms with Gasteiger partial charge in [0.05, 0.1) is 0 Å². The van der Waals surface area contributed by atoms with Crippen molar-refractivity contribution in [2.45, 2.75) is 70.4 Å². The molecule has 0 amide bonds. The average Bonchev–Trinajstić information content (AvgIpc) is 3.26. The topological polar surface area (TPSA) is 29.5 Å². The van der Waals surface area contributed by atoms with Crippen LogP contribution in [0.1, 0.15) is 52.2 Å². The number of benzene rings is 1. The first-order valence-corrected chi connectivity index (χ1v) is 11.6. The molecule has 2 nitrogen and oxygen atoms in total. The highest BCUT2D eigenvalue weighted by molar-refractivity contribution is 6.74. The Kier molecular flexibility index (Phi) is 5.24. The summed E-state index contributed by atoms with van der Waals surface area (Å²) in [6.45, 7) is 13.0. The van der Waals surface area contributed by atoms with E-state index >= 15 is 0 Å². The van der Waals surface area contributed by atoms with Crippen LogP contribution in [0.25, 0.3) is 0 Å². The summed E-state index contributed by atoms with van der Waals surface area (Å²) < 4.78 is 6.64. The molecular formula is C20H32O2Si. The lowest BCUT2D eigenvalue weighted by atomic mass is 9.92. The molecule has 1 aromatic carbocycles. The van der Waals surface area contributed by atoms with E-state index in [2.05, 4.69) is 52.1 Å². The van der Waals surface area contributed by atoms with Gasteiger partial charge in [-0.05, 0) is 49.4 Å². The first-order chi connectivity index (χ1) is 10.5. The second kappa shape index (κ2) is 6.54. The van der Waals surface area contributed by atoms with Gasteiger partial charge in [-0.15, -0.1) is 0 Å². The molecule has 0 aliphatic heterocycles. The molecule has 0 aromatic heterocycles. The Morgan fingerprint density at radius 3 is 2.17 bits per heavy atom. The molecule has 1 saturated carbocycles. The summed E-state index contributed by atoms with van der Waals surface area (Å²) in [6, 6.07) is 10.1.